The molecule has 0 atom stereocenters. The quantitative estimate of drug-likeness (QED) is 0.838. The Morgan fingerprint density at radius 3 is 2.79 bits per heavy atom. The Hall–Kier alpha value is -1.97. The van der Waals surface area contributed by atoms with E-state index in [0.717, 1.165) is 30.2 Å². The second kappa shape index (κ2) is 6.27. The Kier molecular flexibility index (Phi) is 4.44. The molecule has 0 saturated heterocycles. The topological polar surface area (TPSA) is 54.9 Å². The molecule has 0 saturated carbocycles. The van der Waals surface area contributed by atoms with Crippen LogP contribution in [0.3, 0.4) is 0 Å². The van der Waals surface area contributed by atoms with Crippen molar-refractivity contribution in [1.82, 2.24) is 15.3 Å². The van der Waals surface area contributed by atoms with Crippen molar-refractivity contribution in [3.63, 3.8) is 0 Å². The molecule has 0 bridgehead atoms. The first-order valence-corrected chi connectivity index (χ1v) is 6.74. The Bertz CT molecular complexity index is 581. The van der Waals surface area contributed by atoms with E-state index in [2.05, 4.69) is 22.2 Å². The van der Waals surface area contributed by atoms with E-state index in [4.69, 9.17) is 0 Å². The van der Waals surface area contributed by atoms with Gasteiger partial charge in [-0.15, -0.1) is 0 Å². The first-order chi connectivity index (χ1) is 9.22. The van der Waals surface area contributed by atoms with Crippen LogP contribution in [0.1, 0.15) is 42.5 Å². The fourth-order valence-corrected chi connectivity index (χ4v) is 2.03. The fraction of sp³-hybridized carbons (Fsp3) is 0.400. The molecule has 0 aliphatic carbocycles. The van der Waals surface area contributed by atoms with Crippen molar-refractivity contribution < 1.29 is 4.79 Å². The lowest BCUT2D eigenvalue weighted by Gasteiger charge is -2.07. The normalized spacial score (nSPS) is 10.6. The predicted molar refractivity (Wildman–Crippen MR) is 76.1 cm³/mol. The molecule has 0 fully saturated rings. The molecule has 0 radical (unpaired) electrons. The number of carbonyl (C=O) groups is 1. The molecule has 0 unspecified atom stereocenters. The van der Waals surface area contributed by atoms with Crippen molar-refractivity contribution in [2.45, 2.75) is 33.1 Å². The van der Waals surface area contributed by atoms with Crippen LogP contribution in [0.15, 0.2) is 24.3 Å². The van der Waals surface area contributed by atoms with Gasteiger partial charge in [-0.2, -0.15) is 0 Å². The number of fused-ring (bicyclic) bond motifs is 1. The summed E-state index contributed by atoms with van der Waals surface area (Å²) in [6, 6.07) is 7.60. The van der Waals surface area contributed by atoms with E-state index in [1.54, 1.807) is 6.92 Å². The Morgan fingerprint density at radius 2 is 2.00 bits per heavy atom. The molecule has 0 aliphatic heterocycles. The van der Waals surface area contributed by atoms with Crippen LogP contribution in [-0.4, -0.2) is 22.4 Å². The molecule has 1 aromatic heterocycles. The summed E-state index contributed by atoms with van der Waals surface area (Å²) >= 11 is 0. The minimum absolute atomic E-state index is 0.113. The number of aryl methyl sites for hydroxylation is 1. The smallest absolute Gasteiger partial charge is 0.270 e. The van der Waals surface area contributed by atoms with Crippen LogP contribution in [0.2, 0.25) is 0 Å². The fourth-order valence-electron chi connectivity index (χ4n) is 2.03. The van der Waals surface area contributed by atoms with Crippen molar-refractivity contribution in [2.75, 3.05) is 6.54 Å². The van der Waals surface area contributed by atoms with E-state index < -0.39 is 0 Å². The van der Waals surface area contributed by atoms with Crippen molar-refractivity contribution in [2.24, 2.45) is 0 Å². The zero-order valence-electron chi connectivity index (χ0n) is 11.4. The molecule has 100 valence electrons. The summed E-state index contributed by atoms with van der Waals surface area (Å²) in [4.78, 5) is 20.8. The number of carbonyl (C=O) groups excluding carboxylic acids is 1. The molecule has 19 heavy (non-hydrogen) atoms. The van der Waals surface area contributed by atoms with Crippen molar-refractivity contribution >= 4 is 16.8 Å². The van der Waals surface area contributed by atoms with Gasteiger partial charge in [-0.25, -0.2) is 9.97 Å². The van der Waals surface area contributed by atoms with Gasteiger partial charge in [-0.1, -0.05) is 38.0 Å². The number of nitrogens with zero attached hydrogens (tertiary/aromatic N) is 2. The summed E-state index contributed by atoms with van der Waals surface area (Å²) in [5, 5.41) is 3.73. The SMILES string of the molecule is CCCCCNC(=O)c1nc(C)nc2ccccc12. The molecule has 2 rings (SSSR count). The zero-order valence-corrected chi connectivity index (χ0v) is 11.4. The minimum atomic E-state index is -0.113. The maximum atomic E-state index is 12.2. The number of rotatable bonds is 5. The minimum Gasteiger partial charge on any atom is -0.351 e. The second-order valence-electron chi connectivity index (χ2n) is 4.60. The van der Waals surface area contributed by atoms with E-state index in [0.29, 0.717) is 18.1 Å². The molecule has 1 N–H and O–H groups in total. The lowest BCUT2D eigenvalue weighted by atomic mass is 10.1. The predicted octanol–water partition coefficient (Wildman–Crippen LogP) is 2.86. The molecule has 4 heteroatoms. The van der Waals surface area contributed by atoms with E-state index in [9.17, 15) is 4.79 Å². The summed E-state index contributed by atoms with van der Waals surface area (Å²) in [5.41, 5.74) is 1.29. The van der Waals surface area contributed by atoms with E-state index in [1.807, 2.05) is 24.3 Å². The standard InChI is InChI=1S/C15H19N3O/c1-3-4-7-10-16-15(19)14-12-8-5-6-9-13(12)17-11(2)18-14/h5-6,8-9H,3-4,7,10H2,1-2H3,(H,16,19). The van der Waals surface area contributed by atoms with E-state index in [1.165, 1.54) is 0 Å². The third-order valence-electron chi connectivity index (χ3n) is 3.00. The maximum absolute atomic E-state index is 12.2. The third-order valence-corrected chi connectivity index (χ3v) is 3.00. The van der Waals surface area contributed by atoms with Gasteiger partial charge in [-0.05, 0) is 19.4 Å². The molecular weight excluding hydrogens is 238 g/mol. The van der Waals surface area contributed by atoms with Gasteiger partial charge < -0.3 is 5.32 Å². The highest BCUT2D eigenvalue weighted by Gasteiger charge is 2.12. The number of hydrogen-bond donors (Lipinski definition) is 1. The molecule has 1 heterocycles. The monoisotopic (exact) mass is 257 g/mol. The molecule has 0 spiro atoms. The first-order valence-electron chi connectivity index (χ1n) is 6.74. The van der Waals surface area contributed by atoms with E-state index in [-0.39, 0.29) is 5.91 Å². The highest BCUT2D eigenvalue weighted by Crippen LogP contribution is 2.15. The lowest BCUT2D eigenvalue weighted by molar-refractivity contribution is 0.0949. The summed E-state index contributed by atoms with van der Waals surface area (Å²) in [6.45, 7) is 4.65. The first kappa shape index (κ1) is 13.5. The van der Waals surface area contributed by atoms with Gasteiger partial charge in [-0.3, -0.25) is 4.79 Å². The van der Waals surface area contributed by atoms with Crippen molar-refractivity contribution in [3.8, 4) is 0 Å². The Labute approximate surface area is 113 Å². The summed E-state index contributed by atoms with van der Waals surface area (Å²) in [7, 11) is 0. The van der Waals surface area contributed by atoms with Gasteiger partial charge in [0.2, 0.25) is 0 Å². The van der Waals surface area contributed by atoms with Crippen LogP contribution in [0.25, 0.3) is 10.9 Å². The summed E-state index contributed by atoms with van der Waals surface area (Å²) in [5.74, 6) is 0.509. The molecule has 4 nitrogen and oxygen atoms in total. The van der Waals surface area contributed by atoms with Crippen LogP contribution in [0.5, 0.6) is 0 Å². The number of nitrogens with one attached hydrogen (secondary N) is 1. The van der Waals surface area contributed by atoms with Crippen LogP contribution in [-0.2, 0) is 0 Å². The molecular formula is C15H19N3O. The molecule has 1 amide bonds. The average molecular weight is 257 g/mol. The van der Waals surface area contributed by atoms with Crippen molar-refractivity contribution in [1.29, 1.82) is 0 Å². The van der Waals surface area contributed by atoms with Crippen LogP contribution < -0.4 is 5.32 Å². The van der Waals surface area contributed by atoms with Crippen LogP contribution in [0.4, 0.5) is 0 Å². The van der Waals surface area contributed by atoms with E-state index >= 15 is 0 Å². The average Bonchev–Trinajstić information content (AvgIpc) is 2.42. The number of amides is 1. The highest BCUT2D eigenvalue weighted by molar-refractivity contribution is 6.04. The lowest BCUT2D eigenvalue weighted by Crippen LogP contribution is -2.26. The largest absolute Gasteiger partial charge is 0.351 e. The Morgan fingerprint density at radius 1 is 1.21 bits per heavy atom. The van der Waals surface area contributed by atoms with Gasteiger partial charge >= 0.3 is 0 Å². The Balaban J connectivity index is 2.21. The highest BCUT2D eigenvalue weighted by atomic mass is 16.1. The molecule has 1 aromatic carbocycles. The number of benzene rings is 1. The number of unbranched alkanes of at least 4 members (excludes halogenated alkanes) is 2. The molecule has 0 aliphatic rings. The maximum Gasteiger partial charge on any atom is 0.270 e. The van der Waals surface area contributed by atoms with Gasteiger partial charge in [0.15, 0.2) is 0 Å². The molecule has 2 aromatic rings. The van der Waals surface area contributed by atoms with Gasteiger partial charge in [0, 0.05) is 11.9 Å². The second-order valence-corrected chi connectivity index (χ2v) is 4.60. The number of aromatic nitrogens is 2. The van der Waals surface area contributed by atoms with Gasteiger partial charge in [0.25, 0.3) is 5.91 Å². The van der Waals surface area contributed by atoms with Crippen LogP contribution >= 0.6 is 0 Å². The van der Waals surface area contributed by atoms with Crippen molar-refractivity contribution in [3.05, 3.63) is 35.8 Å². The zero-order chi connectivity index (χ0) is 13.7. The number of hydrogen-bond acceptors (Lipinski definition) is 3. The van der Waals surface area contributed by atoms with Gasteiger partial charge in [0.05, 0.1) is 5.52 Å². The number of para-hydroxylation sites is 1. The van der Waals surface area contributed by atoms with Crippen LogP contribution in [0, 0.1) is 6.92 Å². The van der Waals surface area contributed by atoms with Gasteiger partial charge in [0.1, 0.15) is 11.5 Å². The summed E-state index contributed by atoms with van der Waals surface area (Å²) < 4.78 is 0. The third kappa shape index (κ3) is 3.28. The summed E-state index contributed by atoms with van der Waals surface area (Å²) in [6.07, 6.45) is 3.28.